The predicted molar refractivity (Wildman–Crippen MR) is 71.2 cm³/mol. The van der Waals surface area contributed by atoms with Crippen LogP contribution in [0.4, 0.5) is 0 Å². The third-order valence-corrected chi connectivity index (χ3v) is 2.72. The van der Waals surface area contributed by atoms with E-state index < -0.39 is 5.97 Å². The summed E-state index contributed by atoms with van der Waals surface area (Å²) in [6.45, 7) is 1.92. The fraction of sp³-hybridized carbons (Fsp3) is 0.133. The lowest BCUT2D eigenvalue weighted by Gasteiger charge is -2.12. The Kier molecular flexibility index (Phi) is 3.71. The van der Waals surface area contributed by atoms with Crippen LogP contribution >= 0.6 is 0 Å². The highest BCUT2D eigenvalue weighted by atomic mass is 16.5. The standard InChI is InChI=1S/C15H14O4/c1-10-5-3-4-6-12(10)19-14-9-11(15(16)17)7-8-13(14)18-2/h3-9H,1-2H3,(H,16,17). The minimum Gasteiger partial charge on any atom is -0.493 e. The SMILES string of the molecule is COc1ccc(C(=O)O)cc1Oc1ccccc1C. The number of aryl methyl sites for hydroxylation is 1. The molecule has 0 amide bonds. The molecule has 98 valence electrons. The zero-order chi connectivity index (χ0) is 13.8. The van der Waals surface area contributed by atoms with Crippen molar-refractivity contribution in [2.75, 3.05) is 7.11 Å². The van der Waals surface area contributed by atoms with Gasteiger partial charge in [0, 0.05) is 0 Å². The molecule has 0 bridgehead atoms. The number of rotatable bonds is 4. The summed E-state index contributed by atoms with van der Waals surface area (Å²) in [5.41, 5.74) is 1.12. The number of carboxylic acids is 1. The third-order valence-electron chi connectivity index (χ3n) is 2.72. The Morgan fingerprint density at radius 1 is 1.05 bits per heavy atom. The number of hydrogen-bond donors (Lipinski definition) is 1. The number of methoxy groups -OCH3 is 1. The van der Waals surface area contributed by atoms with Crippen LogP contribution in [0.1, 0.15) is 15.9 Å². The molecule has 0 aliphatic carbocycles. The average Bonchev–Trinajstić information content (AvgIpc) is 2.41. The van der Waals surface area contributed by atoms with E-state index in [0.717, 1.165) is 5.56 Å². The fourth-order valence-corrected chi connectivity index (χ4v) is 1.68. The minimum atomic E-state index is -1.00. The van der Waals surface area contributed by atoms with Gasteiger partial charge in [0.1, 0.15) is 5.75 Å². The first-order valence-electron chi connectivity index (χ1n) is 5.76. The number of aromatic carboxylic acids is 1. The summed E-state index contributed by atoms with van der Waals surface area (Å²) >= 11 is 0. The summed E-state index contributed by atoms with van der Waals surface area (Å²) in [4.78, 5) is 11.0. The van der Waals surface area contributed by atoms with Crippen molar-refractivity contribution >= 4 is 5.97 Å². The van der Waals surface area contributed by atoms with Crippen molar-refractivity contribution in [2.24, 2.45) is 0 Å². The van der Waals surface area contributed by atoms with E-state index in [-0.39, 0.29) is 5.56 Å². The molecule has 0 atom stereocenters. The molecule has 0 fully saturated rings. The first-order valence-corrected chi connectivity index (χ1v) is 5.76. The maximum absolute atomic E-state index is 11.0. The minimum absolute atomic E-state index is 0.157. The summed E-state index contributed by atoms with van der Waals surface area (Å²) in [7, 11) is 1.51. The van der Waals surface area contributed by atoms with Crippen LogP contribution in [0.5, 0.6) is 17.2 Å². The second-order valence-electron chi connectivity index (χ2n) is 4.04. The highest BCUT2D eigenvalue weighted by molar-refractivity contribution is 5.88. The lowest BCUT2D eigenvalue weighted by Crippen LogP contribution is -1.98. The molecular formula is C15H14O4. The molecule has 0 aromatic heterocycles. The second kappa shape index (κ2) is 5.44. The van der Waals surface area contributed by atoms with E-state index >= 15 is 0 Å². The van der Waals surface area contributed by atoms with Gasteiger partial charge in [-0.2, -0.15) is 0 Å². The van der Waals surface area contributed by atoms with Gasteiger partial charge in [0.25, 0.3) is 0 Å². The summed E-state index contributed by atoms with van der Waals surface area (Å²) < 4.78 is 10.9. The monoisotopic (exact) mass is 258 g/mol. The molecule has 2 rings (SSSR count). The third kappa shape index (κ3) is 2.85. The Balaban J connectivity index is 2.40. The quantitative estimate of drug-likeness (QED) is 0.912. The van der Waals surface area contributed by atoms with E-state index in [1.807, 2.05) is 31.2 Å². The number of carbonyl (C=O) groups is 1. The summed E-state index contributed by atoms with van der Waals surface area (Å²) in [5.74, 6) is 0.547. The van der Waals surface area contributed by atoms with Gasteiger partial charge in [-0.25, -0.2) is 4.79 Å². The van der Waals surface area contributed by atoms with Gasteiger partial charge in [0.05, 0.1) is 12.7 Å². The highest BCUT2D eigenvalue weighted by Crippen LogP contribution is 2.33. The van der Waals surface area contributed by atoms with Gasteiger partial charge in [0.2, 0.25) is 0 Å². The number of ether oxygens (including phenoxy) is 2. The molecule has 0 unspecified atom stereocenters. The molecule has 19 heavy (non-hydrogen) atoms. The average molecular weight is 258 g/mol. The van der Waals surface area contributed by atoms with E-state index in [0.29, 0.717) is 17.2 Å². The number of hydrogen-bond acceptors (Lipinski definition) is 3. The maximum atomic E-state index is 11.0. The van der Waals surface area contributed by atoms with Crippen LogP contribution < -0.4 is 9.47 Å². The number of para-hydroxylation sites is 1. The zero-order valence-corrected chi connectivity index (χ0v) is 10.7. The van der Waals surface area contributed by atoms with Crippen molar-refractivity contribution in [2.45, 2.75) is 6.92 Å². The van der Waals surface area contributed by atoms with Crippen LogP contribution in [-0.2, 0) is 0 Å². The van der Waals surface area contributed by atoms with E-state index in [1.165, 1.54) is 19.2 Å². The van der Waals surface area contributed by atoms with Crippen molar-refractivity contribution in [1.29, 1.82) is 0 Å². The Morgan fingerprint density at radius 3 is 2.42 bits per heavy atom. The first-order chi connectivity index (χ1) is 9.11. The molecule has 0 saturated carbocycles. The molecule has 0 aliphatic heterocycles. The van der Waals surface area contributed by atoms with Crippen LogP contribution in [0.15, 0.2) is 42.5 Å². The Labute approximate surface area is 111 Å². The summed E-state index contributed by atoms with van der Waals surface area (Å²) in [6.07, 6.45) is 0. The van der Waals surface area contributed by atoms with Gasteiger partial charge in [0.15, 0.2) is 11.5 Å². The molecular weight excluding hydrogens is 244 g/mol. The smallest absolute Gasteiger partial charge is 0.335 e. The van der Waals surface area contributed by atoms with E-state index in [4.69, 9.17) is 14.6 Å². The molecule has 0 radical (unpaired) electrons. The lowest BCUT2D eigenvalue weighted by atomic mass is 10.2. The van der Waals surface area contributed by atoms with E-state index in [1.54, 1.807) is 6.07 Å². The van der Waals surface area contributed by atoms with Gasteiger partial charge in [-0.3, -0.25) is 0 Å². The van der Waals surface area contributed by atoms with Crippen molar-refractivity contribution in [3.63, 3.8) is 0 Å². The number of benzene rings is 2. The highest BCUT2D eigenvalue weighted by Gasteiger charge is 2.11. The molecule has 0 spiro atoms. The van der Waals surface area contributed by atoms with Crippen LogP contribution in [0.3, 0.4) is 0 Å². The summed E-state index contributed by atoms with van der Waals surface area (Å²) in [6, 6.07) is 12.0. The van der Waals surface area contributed by atoms with Gasteiger partial charge in [-0.1, -0.05) is 18.2 Å². The van der Waals surface area contributed by atoms with Gasteiger partial charge in [-0.15, -0.1) is 0 Å². The Hall–Kier alpha value is -2.49. The lowest BCUT2D eigenvalue weighted by molar-refractivity contribution is 0.0696. The van der Waals surface area contributed by atoms with Crippen molar-refractivity contribution in [3.05, 3.63) is 53.6 Å². The topological polar surface area (TPSA) is 55.8 Å². The Morgan fingerprint density at radius 2 is 1.79 bits per heavy atom. The molecule has 4 nitrogen and oxygen atoms in total. The number of carboxylic acid groups (broad SMARTS) is 1. The van der Waals surface area contributed by atoms with Crippen molar-refractivity contribution in [1.82, 2.24) is 0 Å². The molecule has 0 saturated heterocycles. The molecule has 1 N–H and O–H groups in total. The van der Waals surface area contributed by atoms with Crippen molar-refractivity contribution in [3.8, 4) is 17.2 Å². The second-order valence-corrected chi connectivity index (χ2v) is 4.04. The van der Waals surface area contributed by atoms with E-state index in [9.17, 15) is 4.79 Å². The van der Waals surface area contributed by atoms with Crippen LogP contribution in [0.2, 0.25) is 0 Å². The van der Waals surface area contributed by atoms with Gasteiger partial charge >= 0.3 is 5.97 Å². The molecule has 2 aromatic carbocycles. The van der Waals surface area contributed by atoms with Crippen LogP contribution in [-0.4, -0.2) is 18.2 Å². The van der Waals surface area contributed by atoms with Crippen LogP contribution in [0.25, 0.3) is 0 Å². The van der Waals surface area contributed by atoms with E-state index in [2.05, 4.69) is 0 Å². The van der Waals surface area contributed by atoms with Crippen LogP contribution in [0, 0.1) is 6.92 Å². The summed E-state index contributed by atoms with van der Waals surface area (Å²) in [5, 5.41) is 9.00. The Bertz CT molecular complexity index is 605. The molecule has 0 aliphatic rings. The fourth-order valence-electron chi connectivity index (χ4n) is 1.68. The zero-order valence-electron chi connectivity index (χ0n) is 10.7. The molecule has 0 heterocycles. The maximum Gasteiger partial charge on any atom is 0.335 e. The first kappa shape index (κ1) is 13.0. The van der Waals surface area contributed by atoms with Crippen molar-refractivity contribution < 1.29 is 19.4 Å². The molecule has 4 heteroatoms. The van der Waals surface area contributed by atoms with Gasteiger partial charge < -0.3 is 14.6 Å². The predicted octanol–water partition coefficient (Wildman–Crippen LogP) is 3.49. The molecule has 2 aromatic rings. The normalized spacial score (nSPS) is 10.0. The van der Waals surface area contributed by atoms with Gasteiger partial charge in [-0.05, 0) is 36.8 Å². The largest absolute Gasteiger partial charge is 0.493 e.